The molecule has 0 amide bonds. The standard InChI is InChI=1S/C29H31NO5/c1-30-10-9-18-12-25(32-3)26(33-4)14-21(18)29(30)24-11-17-7-8-19(31-2)13-20(17)22-15-27(34-5)28(35-6)16-23(22)24/h7-8,11-16,29H,9-10H2,1-6H3. The molecule has 1 atom stereocenters. The molecule has 0 saturated carbocycles. The summed E-state index contributed by atoms with van der Waals surface area (Å²) in [6, 6.07) is 16.9. The fourth-order valence-electron chi connectivity index (χ4n) is 5.31. The minimum Gasteiger partial charge on any atom is -0.497 e. The van der Waals surface area contributed by atoms with E-state index in [-0.39, 0.29) is 6.04 Å². The van der Waals surface area contributed by atoms with Crippen LogP contribution in [0.3, 0.4) is 0 Å². The summed E-state index contributed by atoms with van der Waals surface area (Å²) in [5, 5.41) is 4.45. The zero-order valence-electron chi connectivity index (χ0n) is 21.1. The van der Waals surface area contributed by atoms with Gasteiger partial charge in [-0.2, -0.15) is 0 Å². The highest BCUT2D eigenvalue weighted by molar-refractivity contribution is 6.10. The molecule has 0 aliphatic carbocycles. The van der Waals surface area contributed by atoms with Gasteiger partial charge in [-0.05, 0) is 94.2 Å². The lowest BCUT2D eigenvalue weighted by atomic mass is 9.84. The summed E-state index contributed by atoms with van der Waals surface area (Å²) in [6.07, 6.45) is 0.947. The van der Waals surface area contributed by atoms with Crippen LogP contribution in [0.4, 0.5) is 0 Å². The molecule has 35 heavy (non-hydrogen) atoms. The van der Waals surface area contributed by atoms with E-state index in [4.69, 9.17) is 23.7 Å². The molecule has 6 nitrogen and oxygen atoms in total. The number of hydrogen-bond donors (Lipinski definition) is 0. The van der Waals surface area contributed by atoms with Crippen molar-refractivity contribution in [1.82, 2.24) is 4.90 Å². The maximum Gasteiger partial charge on any atom is 0.161 e. The van der Waals surface area contributed by atoms with Crippen LogP contribution in [0, 0.1) is 0 Å². The lowest BCUT2D eigenvalue weighted by molar-refractivity contribution is 0.264. The van der Waals surface area contributed by atoms with Crippen LogP contribution < -0.4 is 23.7 Å². The maximum atomic E-state index is 5.71. The third kappa shape index (κ3) is 3.78. The van der Waals surface area contributed by atoms with E-state index < -0.39 is 0 Å². The van der Waals surface area contributed by atoms with Crippen molar-refractivity contribution in [2.24, 2.45) is 0 Å². The summed E-state index contributed by atoms with van der Waals surface area (Å²) in [6.45, 7) is 0.933. The molecule has 1 aliphatic rings. The molecule has 0 N–H and O–H groups in total. The largest absolute Gasteiger partial charge is 0.497 e. The van der Waals surface area contributed by atoms with Crippen molar-refractivity contribution in [2.45, 2.75) is 12.5 Å². The Morgan fingerprint density at radius 2 is 1.26 bits per heavy atom. The lowest BCUT2D eigenvalue weighted by Gasteiger charge is -2.36. The molecule has 0 spiro atoms. The van der Waals surface area contributed by atoms with Crippen LogP contribution in [0.5, 0.6) is 28.7 Å². The van der Waals surface area contributed by atoms with Crippen LogP contribution in [0.15, 0.2) is 48.5 Å². The Hall–Kier alpha value is -3.64. The van der Waals surface area contributed by atoms with Crippen molar-refractivity contribution in [1.29, 1.82) is 0 Å². The molecule has 0 radical (unpaired) electrons. The predicted octanol–water partition coefficient (Wildman–Crippen LogP) is 5.61. The molecule has 0 fully saturated rings. The van der Waals surface area contributed by atoms with Gasteiger partial charge in [0.1, 0.15) is 5.75 Å². The van der Waals surface area contributed by atoms with Crippen molar-refractivity contribution in [2.75, 3.05) is 49.1 Å². The first-order valence-electron chi connectivity index (χ1n) is 11.6. The molecule has 0 saturated heterocycles. The van der Waals surface area contributed by atoms with Crippen molar-refractivity contribution in [3.05, 3.63) is 65.2 Å². The van der Waals surface area contributed by atoms with Gasteiger partial charge in [0.15, 0.2) is 23.0 Å². The van der Waals surface area contributed by atoms with E-state index in [1.807, 2.05) is 6.07 Å². The molecule has 0 aromatic heterocycles. The van der Waals surface area contributed by atoms with E-state index in [2.05, 4.69) is 54.4 Å². The second-order valence-electron chi connectivity index (χ2n) is 8.84. The molecular formula is C29H31NO5. The Morgan fingerprint density at radius 1 is 0.629 bits per heavy atom. The quantitative estimate of drug-likeness (QED) is 0.339. The van der Waals surface area contributed by atoms with Crippen LogP contribution in [0.2, 0.25) is 0 Å². The number of ether oxygens (including phenoxy) is 5. The Bertz CT molecular complexity index is 1410. The number of hydrogen-bond acceptors (Lipinski definition) is 6. The Morgan fingerprint density at radius 3 is 1.91 bits per heavy atom. The Kier molecular flexibility index (Phi) is 6.07. The van der Waals surface area contributed by atoms with E-state index in [9.17, 15) is 0 Å². The van der Waals surface area contributed by atoms with Crippen molar-refractivity contribution in [3.8, 4) is 28.7 Å². The first-order valence-corrected chi connectivity index (χ1v) is 11.6. The second kappa shape index (κ2) is 9.19. The number of fused-ring (bicyclic) bond motifs is 4. The summed E-state index contributed by atoms with van der Waals surface area (Å²) in [4.78, 5) is 2.40. The molecule has 1 aliphatic heterocycles. The van der Waals surface area contributed by atoms with Gasteiger partial charge in [-0.1, -0.05) is 6.07 Å². The van der Waals surface area contributed by atoms with Gasteiger partial charge in [-0.15, -0.1) is 0 Å². The Balaban J connectivity index is 1.85. The van der Waals surface area contributed by atoms with Gasteiger partial charge in [-0.25, -0.2) is 0 Å². The third-order valence-electron chi connectivity index (χ3n) is 7.11. The van der Waals surface area contributed by atoms with Crippen molar-refractivity contribution in [3.63, 3.8) is 0 Å². The monoisotopic (exact) mass is 473 g/mol. The van der Waals surface area contributed by atoms with Crippen LogP contribution in [-0.4, -0.2) is 54.0 Å². The minimum absolute atomic E-state index is 0.0330. The van der Waals surface area contributed by atoms with Crippen molar-refractivity contribution < 1.29 is 23.7 Å². The van der Waals surface area contributed by atoms with Crippen LogP contribution in [-0.2, 0) is 6.42 Å². The number of nitrogens with zero attached hydrogens (tertiary/aromatic N) is 1. The SMILES string of the molecule is COc1ccc2cc(C3c4cc(OC)c(OC)cc4CCN3C)c3cc(OC)c(OC)cc3c2c1. The zero-order chi connectivity index (χ0) is 24.7. The fourth-order valence-corrected chi connectivity index (χ4v) is 5.31. The van der Waals surface area contributed by atoms with Gasteiger partial charge in [-0.3, -0.25) is 4.90 Å². The molecule has 1 unspecified atom stereocenters. The molecule has 5 rings (SSSR count). The summed E-state index contributed by atoms with van der Waals surface area (Å²) >= 11 is 0. The summed E-state index contributed by atoms with van der Waals surface area (Å²) < 4.78 is 28.2. The van der Waals surface area contributed by atoms with Crippen molar-refractivity contribution >= 4 is 21.5 Å². The molecule has 182 valence electrons. The lowest BCUT2D eigenvalue weighted by Crippen LogP contribution is -2.33. The molecule has 4 aromatic rings. The van der Waals surface area contributed by atoms with Crippen LogP contribution >= 0.6 is 0 Å². The summed E-state index contributed by atoms with van der Waals surface area (Å²) in [7, 11) is 10.6. The Labute approximate surface area is 205 Å². The first kappa shape index (κ1) is 23.1. The third-order valence-corrected chi connectivity index (χ3v) is 7.11. The van der Waals surface area contributed by atoms with Gasteiger partial charge in [0, 0.05) is 6.54 Å². The first-order chi connectivity index (χ1) is 17.0. The summed E-state index contributed by atoms with van der Waals surface area (Å²) in [5.41, 5.74) is 3.70. The van der Waals surface area contributed by atoms with E-state index in [0.29, 0.717) is 11.5 Å². The summed E-state index contributed by atoms with van der Waals surface area (Å²) in [5.74, 6) is 3.72. The number of benzene rings is 4. The topological polar surface area (TPSA) is 49.4 Å². The van der Waals surface area contributed by atoms with Gasteiger partial charge < -0.3 is 23.7 Å². The fraction of sp³-hybridized carbons (Fsp3) is 0.310. The highest BCUT2D eigenvalue weighted by Gasteiger charge is 2.30. The number of rotatable bonds is 6. The average molecular weight is 474 g/mol. The molecule has 6 heteroatoms. The second-order valence-corrected chi connectivity index (χ2v) is 8.84. The normalized spacial score (nSPS) is 15.7. The minimum atomic E-state index is 0.0330. The highest BCUT2D eigenvalue weighted by Crippen LogP contribution is 2.46. The van der Waals surface area contributed by atoms with Gasteiger partial charge in [0.05, 0.1) is 41.6 Å². The van der Waals surface area contributed by atoms with E-state index >= 15 is 0 Å². The number of likely N-dealkylation sites (N-methyl/N-ethyl adjacent to an activating group) is 1. The van der Waals surface area contributed by atoms with Gasteiger partial charge >= 0.3 is 0 Å². The van der Waals surface area contributed by atoms with Crippen LogP contribution in [0.25, 0.3) is 21.5 Å². The highest BCUT2D eigenvalue weighted by atomic mass is 16.5. The van der Waals surface area contributed by atoms with E-state index in [1.165, 1.54) is 16.7 Å². The molecular weight excluding hydrogens is 442 g/mol. The van der Waals surface area contributed by atoms with Crippen LogP contribution in [0.1, 0.15) is 22.7 Å². The predicted molar refractivity (Wildman–Crippen MR) is 139 cm³/mol. The molecule has 1 heterocycles. The molecule has 4 aromatic carbocycles. The van der Waals surface area contributed by atoms with Gasteiger partial charge in [0.25, 0.3) is 0 Å². The average Bonchev–Trinajstić information content (AvgIpc) is 2.90. The van der Waals surface area contributed by atoms with Gasteiger partial charge in [0.2, 0.25) is 0 Å². The zero-order valence-corrected chi connectivity index (χ0v) is 21.1. The smallest absolute Gasteiger partial charge is 0.161 e. The van der Waals surface area contributed by atoms with E-state index in [0.717, 1.165) is 51.8 Å². The number of methoxy groups -OCH3 is 5. The van der Waals surface area contributed by atoms with E-state index in [1.54, 1.807) is 35.5 Å². The molecule has 0 bridgehead atoms. The maximum absolute atomic E-state index is 5.71.